The maximum atomic E-state index is 10.2. The Hall–Kier alpha value is -8.30. The molecule has 0 radical (unpaired) electrons. The van der Waals surface area contributed by atoms with Crippen LogP contribution < -0.4 is 14.2 Å². The summed E-state index contributed by atoms with van der Waals surface area (Å²) in [5.74, 6) is 2.42. The van der Waals surface area contributed by atoms with E-state index >= 15 is 0 Å². The average Bonchev–Trinajstić information content (AvgIpc) is 4.02. The van der Waals surface area contributed by atoms with E-state index in [4.69, 9.17) is 14.2 Å². The number of hydrogen-bond acceptors (Lipinski definition) is 5. The number of fused-ring (bicyclic) bond motifs is 9. The van der Waals surface area contributed by atoms with Crippen LogP contribution in [-0.4, -0.2) is 45.2 Å². The molecule has 0 saturated heterocycles. The first-order chi connectivity index (χ1) is 32.9. The number of nitrogens with zero attached hydrogens (tertiary/aromatic N) is 3. The first-order valence-corrected chi connectivity index (χ1v) is 22.3. The largest absolute Gasteiger partial charge is 0.497 e. The van der Waals surface area contributed by atoms with Gasteiger partial charge >= 0.3 is 0 Å². The van der Waals surface area contributed by atoms with Crippen LogP contribution >= 0.6 is 0 Å². The fourth-order valence-corrected chi connectivity index (χ4v) is 10.1. The number of aliphatic hydroxyl groups excluding tert-OH is 2. The molecule has 0 amide bonds. The van der Waals surface area contributed by atoms with Crippen LogP contribution in [0.3, 0.4) is 0 Å². The van der Waals surface area contributed by atoms with Crippen molar-refractivity contribution in [3.8, 4) is 56.6 Å². The fourth-order valence-electron chi connectivity index (χ4n) is 10.1. The minimum Gasteiger partial charge on any atom is -0.497 e. The number of rotatable bonds is 10. The molecule has 0 aliphatic heterocycles. The quantitative estimate of drug-likeness (QED) is 0.143. The molecule has 0 bridgehead atoms. The van der Waals surface area contributed by atoms with Gasteiger partial charge in [0.15, 0.2) is 0 Å². The summed E-state index contributed by atoms with van der Waals surface area (Å²) in [6, 6.07) is 63.9. The third-order valence-corrected chi connectivity index (χ3v) is 13.5. The first kappa shape index (κ1) is 40.2. The van der Waals surface area contributed by atoms with Crippen LogP contribution in [0.1, 0.15) is 11.1 Å². The summed E-state index contributed by atoms with van der Waals surface area (Å²) in [5.41, 5.74) is 15.7. The van der Waals surface area contributed by atoms with Gasteiger partial charge in [-0.25, -0.2) is 0 Å². The summed E-state index contributed by atoms with van der Waals surface area (Å²) in [7, 11) is 5.08. The highest BCUT2D eigenvalue weighted by molar-refractivity contribution is 6.15. The van der Waals surface area contributed by atoms with Crippen molar-refractivity contribution in [2.24, 2.45) is 0 Å². The maximum Gasteiger partial charge on any atom is 0.119 e. The van der Waals surface area contributed by atoms with Gasteiger partial charge in [-0.1, -0.05) is 42.5 Å². The Morgan fingerprint density at radius 3 is 0.940 bits per heavy atom. The predicted octanol–water partition coefficient (Wildman–Crippen LogP) is 13.3. The van der Waals surface area contributed by atoms with Gasteiger partial charge in [0.1, 0.15) is 17.2 Å². The third kappa shape index (κ3) is 6.52. The second kappa shape index (κ2) is 16.0. The van der Waals surface area contributed by atoms with E-state index in [1.54, 1.807) is 21.3 Å². The number of hydrogen-bond donors (Lipinski definition) is 2. The number of methoxy groups -OCH3 is 3. The summed E-state index contributed by atoms with van der Waals surface area (Å²) in [4.78, 5) is 0. The molecule has 0 atom stereocenters. The monoisotopic (exact) mass is 875 g/mol. The smallest absolute Gasteiger partial charge is 0.119 e. The summed E-state index contributed by atoms with van der Waals surface area (Å²) in [6.45, 7) is -0.0492. The van der Waals surface area contributed by atoms with E-state index in [0.29, 0.717) is 0 Å². The van der Waals surface area contributed by atoms with Crippen molar-refractivity contribution in [3.63, 3.8) is 0 Å². The summed E-state index contributed by atoms with van der Waals surface area (Å²) in [5, 5.41) is 26.8. The Labute approximate surface area is 386 Å². The lowest BCUT2D eigenvalue weighted by molar-refractivity contribution is 0.281. The molecule has 12 aromatic rings. The molecular formula is C59H45N3O5. The second-order valence-electron chi connectivity index (χ2n) is 17.0. The van der Waals surface area contributed by atoms with Gasteiger partial charge in [-0.05, 0) is 173 Å². The van der Waals surface area contributed by atoms with Crippen molar-refractivity contribution in [1.82, 2.24) is 13.7 Å². The minimum absolute atomic E-state index is 0.0134. The lowest BCUT2D eigenvalue weighted by Gasteiger charge is -2.10. The van der Waals surface area contributed by atoms with E-state index in [9.17, 15) is 10.2 Å². The molecule has 0 unspecified atom stereocenters. The normalized spacial score (nSPS) is 11.8. The maximum absolute atomic E-state index is 10.2. The number of ether oxygens (including phenoxy) is 3. The van der Waals surface area contributed by atoms with Gasteiger partial charge in [-0.15, -0.1) is 0 Å². The minimum atomic E-state index is -0.0358. The highest BCUT2D eigenvalue weighted by Gasteiger charge is 2.19. The molecule has 2 N–H and O–H groups in total. The number of aliphatic hydroxyl groups is 2. The molecule has 3 heterocycles. The molecule has 67 heavy (non-hydrogen) atoms. The van der Waals surface area contributed by atoms with Gasteiger partial charge in [-0.3, -0.25) is 0 Å². The molecule has 0 spiro atoms. The van der Waals surface area contributed by atoms with Crippen LogP contribution in [0.4, 0.5) is 0 Å². The van der Waals surface area contributed by atoms with Crippen LogP contribution in [0.2, 0.25) is 0 Å². The number of benzene rings is 9. The van der Waals surface area contributed by atoms with Gasteiger partial charge in [0.05, 0.1) is 67.6 Å². The molecule has 12 rings (SSSR count). The van der Waals surface area contributed by atoms with Crippen LogP contribution in [0, 0.1) is 0 Å². The molecule has 8 nitrogen and oxygen atoms in total. The lowest BCUT2D eigenvalue weighted by atomic mass is 9.98. The van der Waals surface area contributed by atoms with E-state index < -0.39 is 0 Å². The molecular weight excluding hydrogens is 831 g/mol. The van der Waals surface area contributed by atoms with Gasteiger partial charge in [-0.2, -0.15) is 0 Å². The molecule has 8 heteroatoms. The molecule has 0 saturated carbocycles. The second-order valence-corrected chi connectivity index (χ2v) is 17.0. The molecule has 3 aromatic heterocycles. The zero-order valence-electron chi connectivity index (χ0n) is 37.2. The SMILES string of the molecule is COc1ccc(-n2c3ccc(CO)cc3c3cc(-c4ccc5c(c4)c4cc(-c6ccc7c(c6)c6cc(OC)ccc6n7-c6ccc(OC)cc6)ccc4n5-c4ccc(CO)cc4)ccc32)cc1. The predicted molar refractivity (Wildman–Crippen MR) is 272 cm³/mol. The summed E-state index contributed by atoms with van der Waals surface area (Å²) in [6.07, 6.45) is 0. The Bertz CT molecular complexity index is 3650. The Balaban J connectivity index is 1.04. The van der Waals surface area contributed by atoms with Crippen molar-refractivity contribution in [2.75, 3.05) is 21.3 Å². The van der Waals surface area contributed by atoms with Crippen LogP contribution in [-0.2, 0) is 13.2 Å². The lowest BCUT2D eigenvalue weighted by Crippen LogP contribution is -1.95. The highest BCUT2D eigenvalue weighted by atomic mass is 16.5. The van der Waals surface area contributed by atoms with E-state index in [0.717, 1.165) is 133 Å². The van der Waals surface area contributed by atoms with Crippen molar-refractivity contribution >= 4 is 65.4 Å². The van der Waals surface area contributed by atoms with Crippen LogP contribution in [0.15, 0.2) is 182 Å². The van der Waals surface area contributed by atoms with E-state index in [1.807, 2.05) is 48.5 Å². The molecule has 9 aromatic carbocycles. The molecule has 0 aliphatic carbocycles. The fraction of sp³-hybridized carbons (Fsp3) is 0.0847. The standard InChI is InChI=1S/C59H45N3O5/c1-65-45-17-13-43(14-18-45)61-54-22-6-37(35-64)28-48(54)49-29-38(7-23-55(49)61)39-8-24-56-50(30-39)51-31-40(9-25-57(51)60(56)42-11-4-36(34-63)5-12-42)41-10-26-58-52(32-41)53-33-47(67-3)21-27-59(53)62(58)44-15-19-46(66-2)20-16-44/h4-33,63-64H,34-35H2,1-3H3. The van der Waals surface area contributed by atoms with Gasteiger partial charge < -0.3 is 38.1 Å². The zero-order chi connectivity index (χ0) is 45.3. The Morgan fingerprint density at radius 2 is 0.582 bits per heavy atom. The molecule has 326 valence electrons. The van der Waals surface area contributed by atoms with E-state index in [-0.39, 0.29) is 13.2 Å². The topological polar surface area (TPSA) is 82.9 Å². The van der Waals surface area contributed by atoms with Crippen LogP contribution in [0.25, 0.3) is 105 Å². The van der Waals surface area contributed by atoms with Gasteiger partial charge in [0.25, 0.3) is 0 Å². The Kier molecular flexibility index (Phi) is 9.60. The molecule has 0 aliphatic rings. The van der Waals surface area contributed by atoms with Crippen molar-refractivity contribution in [1.29, 1.82) is 0 Å². The molecule has 0 fully saturated rings. The highest BCUT2D eigenvalue weighted by Crippen LogP contribution is 2.42. The average molecular weight is 876 g/mol. The van der Waals surface area contributed by atoms with Crippen molar-refractivity contribution in [3.05, 3.63) is 193 Å². The van der Waals surface area contributed by atoms with Crippen LogP contribution in [0.5, 0.6) is 17.2 Å². The summed E-state index contributed by atoms with van der Waals surface area (Å²) < 4.78 is 23.6. The Morgan fingerprint density at radius 1 is 0.299 bits per heavy atom. The zero-order valence-corrected chi connectivity index (χ0v) is 37.2. The third-order valence-electron chi connectivity index (χ3n) is 13.5. The van der Waals surface area contributed by atoms with Gasteiger partial charge in [0.2, 0.25) is 0 Å². The first-order valence-electron chi connectivity index (χ1n) is 22.3. The van der Waals surface area contributed by atoms with Crippen molar-refractivity contribution in [2.45, 2.75) is 13.2 Å². The summed E-state index contributed by atoms with van der Waals surface area (Å²) >= 11 is 0. The van der Waals surface area contributed by atoms with Gasteiger partial charge in [0, 0.05) is 49.4 Å². The number of aromatic nitrogens is 3. The van der Waals surface area contributed by atoms with E-state index in [2.05, 4.69) is 147 Å². The van der Waals surface area contributed by atoms with E-state index in [1.165, 1.54) is 0 Å². The van der Waals surface area contributed by atoms with Crippen molar-refractivity contribution < 1.29 is 24.4 Å².